The van der Waals surface area contributed by atoms with Gasteiger partial charge in [-0.2, -0.15) is 0 Å². The molecule has 1 aliphatic rings. The second-order valence-corrected chi connectivity index (χ2v) is 7.88. The highest BCUT2D eigenvalue weighted by molar-refractivity contribution is 7.99. The van der Waals surface area contributed by atoms with E-state index in [2.05, 4.69) is 14.8 Å². The van der Waals surface area contributed by atoms with E-state index in [0.29, 0.717) is 17.4 Å². The van der Waals surface area contributed by atoms with Gasteiger partial charge in [0.2, 0.25) is 0 Å². The van der Waals surface area contributed by atoms with E-state index in [1.807, 2.05) is 31.4 Å². The van der Waals surface area contributed by atoms with Crippen LogP contribution in [0.1, 0.15) is 46.5 Å². The van der Waals surface area contributed by atoms with Crippen LogP contribution in [0.25, 0.3) is 5.69 Å². The maximum absolute atomic E-state index is 13.2. The number of hydrogen-bond donors (Lipinski definition) is 0. The molecule has 7 heteroatoms. The summed E-state index contributed by atoms with van der Waals surface area (Å²) >= 11 is 1.44. The second-order valence-electron chi connectivity index (χ2n) is 6.94. The fourth-order valence-corrected chi connectivity index (χ4v) is 4.38. The van der Waals surface area contributed by atoms with Crippen molar-refractivity contribution in [2.45, 2.75) is 44.8 Å². The van der Waals surface area contributed by atoms with E-state index in [9.17, 15) is 9.18 Å². The molecule has 0 aliphatic heterocycles. The lowest BCUT2D eigenvalue weighted by Gasteiger charge is -2.10. The Morgan fingerprint density at radius 1 is 1.19 bits per heavy atom. The van der Waals surface area contributed by atoms with Gasteiger partial charge in [-0.3, -0.25) is 4.79 Å². The van der Waals surface area contributed by atoms with Gasteiger partial charge in [-0.25, -0.2) is 4.39 Å². The van der Waals surface area contributed by atoms with Crippen LogP contribution in [0.15, 0.2) is 35.5 Å². The normalized spacial score (nSPS) is 13.9. The van der Waals surface area contributed by atoms with E-state index >= 15 is 0 Å². The number of Topliss-reactive ketones (excluding diaryl/α,β-unsaturated/α-hetero) is 1. The number of thioether (sulfide) groups is 1. The van der Waals surface area contributed by atoms with Crippen molar-refractivity contribution >= 4 is 17.5 Å². The van der Waals surface area contributed by atoms with Crippen LogP contribution in [0.5, 0.6) is 0 Å². The van der Waals surface area contributed by atoms with Crippen LogP contribution in [-0.2, 0) is 0 Å². The van der Waals surface area contributed by atoms with Crippen LogP contribution >= 0.6 is 11.8 Å². The minimum Gasteiger partial charge on any atom is -0.318 e. The molecule has 0 spiro atoms. The number of ketones is 1. The quantitative estimate of drug-likeness (QED) is 0.466. The fourth-order valence-electron chi connectivity index (χ4n) is 3.44. The molecule has 0 radical (unpaired) electrons. The van der Waals surface area contributed by atoms with E-state index in [0.717, 1.165) is 40.9 Å². The first kappa shape index (κ1) is 18.0. The van der Waals surface area contributed by atoms with Crippen molar-refractivity contribution in [2.24, 2.45) is 0 Å². The van der Waals surface area contributed by atoms with Crippen LogP contribution in [0.3, 0.4) is 0 Å². The molecule has 140 valence electrons. The number of rotatable bonds is 6. The molecular formula is C20H21FN4OS. The standard InChI is InChI=1S/C20H21FN4OS/c1-12-10-18(13(2)24(12)16-6-4-15(21)5-7-16)19(26)11-27-20-23-22-14(3)25(20)17-8-9-17/h4-7,10,17H,8-9,11H2,1-3H3. The molecular weight excluding hydrogens is 363 g/mol. The van der Waals surface area contributed by atoms with Crippen molar-refractivity contribution in [1.82, 2.24) is 19.3 Å². The Morgan fingerprint density at radius 2 is 1.89 bits per heavy atom. The largest absolute Gasteiger partial charge is 0.318 e. The Morgan fingerprint density at radius 3 is 2.56 bits per heavy atom. The molecule has 4 rings (SSSR count). The van der Waals surface area contributed by atoms with Gasteiger partial charge in [0.25, 0.3) is 0 Å². The summed E-state index contributed by atoms with van der Waals surface area (Å²) in [7, 11) is 0. The average molecular weight is 384 g/mol. The van der Waals surface area contributed by atoms with Crippen LogP contribution < -0.4 is 0 Å². The zero-order valence-corrected chi connectivity index (χ0v) is 16.4. The first-order valence-electron chi connectivity index (χ1n) is 8.98. The van der Waals surface area contributed by atoms with E-state index in [1.54, 1.807) is 12.1 Å². The Bertz CT molecular complexity index is 1000. The van der Waals surface area contributed by atoms with Crippen molar-refractivity contribution in [1.29, 1.82) is 0 Å². The smallest absolute Gasteiger partial charge is 0.191 e. The van der Waals surface area contributed by atoms with Gasteiger partial charge in [0.15, 0.2) is 10.9 Å². The highest BCUT2D eigenvalue weighted by Gasteiger charge is 2.28. The predicted octanol–water partition coefficient (Wildman–Crippen LogP) is 4.44. The average Bonchev–Trinajstić information content (AvgIpc) is 3.34. The van der Waals surface area contributed by atoms with Gasteiger partial charge in [-0.05, 0) is 63.9 Å². The van der Waals surface area contributed by atoms with E-state index in [1.165, 1.54) is 23.9 Å². The zero-order chi connectivity index (χ0) is 19.1. The topological polar surface area (TPSA) is 52.7 Å². The third-order valence-corrected chi connectivity index (χ3v) is 5.84. The van der Waals surface area contributed by atoms with Crippen LogP contribution in [0, 0.1) is 26.6 Å². The molecule has 27 heavy (non-hydrogen) atoms. The van der Waals surface area contributed by atoms with Gasteiger partial charge in [0, 0.05) is 28.7 Å². The number of aromatic nitrogens is 4. The van der Waals surface area contributed by atoms with Crippen molar-refractivity contribution in [3.63, 3.8) is 0 Å². The highest BCUT2D eigenvalue weighted by atomic mass is 32.2. The number of halogens is 1. The Kier molecular flexibility index (Phi) is 4.63. The van der Waals surface area contributed by atoms with Crippen molar-refractivity contribution < 1.29 is 9.18 Å². The van der Waals surface area contributed by atoms with Crippen LogP contribution in [0.4, 0.5) is 4.39 Å². The summed E-state index contributed by atoms with van der Waals surface area (Å²) < 4.78 is 17.3. The summed E-state index contributed by atoms with van der Waals surface area (Å²) in [6, 6.07) is 8.69. The summed E-state index contributed by atoms with van der Waals surface area (Å²) in [5.74, 6) is 1.01. The van der Waals surface area contributed by atoms with Gasteiger partial charge in [0.1, 0.15) is 11.6 Å². The molecule has 5 nitrogen and oxygen atoms in total. The predicted molar refractivity (Wildman–Crippen MR) is 103 cm³/mol. The molecule has 2 heterocycles. The first-order chi connectivity index (χ1) is 13.0. The van der Waals surface area contributed by atoms with E-state index in [-0.39, 0.29) is 11.6 Å². The Balaban J connectivity index is 1.54. The minimum absolute atomic E-state index is 0.0597. The van der Waals surface area contributed by atoms with Gasteiger partial charge >= 0.3 is 0 Å². The van der Waals surface area contributed by atoms with Gasteiger partial charge in [-0.15, -0.1) is 10.2 Å². The Hall–Kier alpha value is -2.41. The third-order valence-electron chi connectivity index (χ3n) is 4.90. The van der Waals surface area contributed by atoms with Crippen molar-refractivity contribution in [3.8, 4) is 5.69 Å². The molecule has 0 bridgehead atoms. The number of aryl methyl sites for hydroxylation is 2. The van der Waals surface area contributed by atoms with Crippen molar-refractivity contribution in [2.75, 3.05) is 5.75 Å². The summed E-state index contributed by atoms with van der Waals surface area (Å²) in [6.07, 6.45) is 2.30. The SMILES string of the molecule is Cc1cc(C(=O)CSc2nnc(C)n2C2CC2)c(C)n1-c1ccc(F)cc1. The molecule has 0 N–H and O–H groups in total. The van der Waals surface area contributed by atoms with Gasteiger partial charge < -0.3 is 9.13 Å². The fraction of sp³-hybridized carbons (Fsp3) is 0.350. The monoisotopic (exact) mass is 384 g/mol. The number of carbonyl (C=O) groups excluding carboxylic acids is 1. The minimum atomic E-state index is -0.274. The lowest BCUT2D eigenvalue weighted by molar-refractivity contribution is 0.102. The molecule has 1 fully saturated rings. The molecule has 0 unspecified atom stereocenters. The molecule has 0 saturated heterocycles. The molecule has 0 atom stereocenters. The summed E-state index contributed by atoms with van der Waals surface area (Å²) in [5, 5.41) is 9.20. The number of nitrogens with zero attached hydrogens (tertiary/aromatic N) is 4. The second kappa shape index (κ2) is 6.96. The van der Waals surface area contributed by atoms with Crippen LogP contribution in [-0.4, -0.2) is 30.9 Å². The summed E-state index contributed by atoms with van der Waals surface area (Å²) in [5.41, 5.74) is 3.36. The van der Waals surface area contributed by atoms with Crippen LogP contribution in [0.2, 0.25) is 0 Å². The first-order valence-corrected chi connectivity index (χ1v) is 9.96. The number of benzene rings is 1. The molecule has 2 aromatic heterocycles. The van der Waals surface area contributed by atoms with E-state index < -0.39 is 0 Å². The van der Waals surface area contributed by atoms with Gasteiger partial charge in [0.05, 0.1) is 5.75 Å². The lowest BCUT2D eigenvalue weighted by Crippen LogP contribution is -2.07. The summed E-state index contributed by atoms with van der Waals surface area (Å²) in [6.45, 7) is 5.83. The number of carbonyl (C=O) groups is 1. The highest BCUT2D eigenvalue weighted by Crippen LogP contribution is 2.38. The Labute approximate surface area is 161 Å². The molecule has 1 aromatic carbocycles. The molecule has 1 saturated carbocycles. The molecule has 1 aliphatic carbocycles. The number of hydrogen-bond acceptors (Lipinski definition) is 4. The molecule has 0 amide bonds. The van der Waals surface area contributed by atoms with Crippen molar-refractivity contribution in [3.05, 3.63) is 58.9 Å². The zero-order valence-electron chi connectivity index (χ0n) is 15.6. The lowest BCUT2D eigenvalue weighted by atomic mass is 10.2. The maximum Gasteiger partial charge on any atom is 0.191 e. The molecule has 3 aromatic rings. The van der Waals surface area contributed by atoms with Gasteiger partial charge in [-0.1, -0.05) is 11.8 Å². The van der Waals surface area contributed by atoms with E-state index in [4.69, 9.17) is 0 Å². The third kappa shape index (κ3) is 3.43. The maximum atomic E-state index is 13.2. The summed E-state index contributed by atoms with van der Waals surface area (Å²) in [4.78, 5) is 12.8.